The maximum Gasteiger partial charge on any atom is 0.327 e. The molecule has 0 saturated carbocycles. The standard InChI is InChI=1S/C10H24O2Si/c1-6-9-10(4,5)13(11-7-2)12-8-3/h13H,6-9H2,1-5H3. The van der Waals surface area contributed by atoms with Gasteiger partial charge in [-0.2, -0.15) is 0 Å². The predicted octanol–water partition coefficient (Wildman–Crippen LogP) is 2.86. The molecule has 0 aromatic heterocycles. The third-order valence-electron chi connectivity index (χ3n) is 2.17. The minimum absolute atomic E-state index is 0.265. The minimum atomic E-state index is -1.46. The molecule has 0 bridgehead atoms. The van der Waals surface area contributed by atoms with Crippen LogP contribution in [0.4, 0.5) is 0 Å². The van der Waals surface area contributed by atoms with E-state index in [2.05, 4.69) is 20.8 Å². The van der Waals surface area contributed by atoms with E-state index in [-0.39, 0.29) is 5.04 Å². The van der Waals surface area contributed by atoms with Gasteiger partial charge in [-0.1, -0.05) is 27.2 Å². The molecule has 0 fully saturated rings. The molecule has 2 nitrogen and oxygen atoms in total. The predicted molar refractivity (Wildman–Crippen MR) is 59.4 cm³/mol. The van der Waals surface area contributed by atoms with E-state index in [1.807, 2.05) is 13.8 Å². The minimum Gasteiger partial charge on any atom is -0.397 e. The molecule has 0 radical (unpaired) electrons. The van der Waals surface area contributed by atoms with Crippen molar-refractivity contribution in [3.63, 3.8) is 0 Å². The maximum atomic E-state index is 5.72. The van der Waals surface area contributed by atoms with E-state index in [1.54, 1.807) is 0 Å². The zero-order valence-electron chi connectivity index (χ0n) is 9.72. The monoisotopic (exact) mass is 204 g/mol. The SMILES string of the molecule is CCCC(C)(C)[SiH](OCC)OCC. The summed E-state index contributed by atoms with van der Waals surface area (Å²) in [6, 6.07) is 0. The third-order valence-corrected chi connectivity index (χ3v) is 5.01. The van der Waals surface area contributed by atoms with Gasteiger partial charge in [0.25, 0.3) is 0 Å². The lowest BCUT2D eigenvalue weighted by Crippen LogP contribution is -2.35. The largest absolute Gasteiger partial charge is 0.397 e. The molecule has 0 atom stereocenters. The van der Waals surface area contributed by atoms with Crippen molar-refractivity contribution in [1.82, 2.24) is 0 Å². The fourth-order valence-electron chi connectivity index (χ4n) is 1.56. The summed E-state index contributed by atoms with van der Waals surface area (Å²) in [7, 11) is -1.46. The van der Waals surface area contributed by atoms with E-state index in [4.69, 9.17) is 8.85 Å². The van der Waals surface area contributed by atoms with Crippen molar-refractivity contribution in [2.45, 2.75) is 52.5 Å². The lowest BCUT2D eigenvalue weighted by atomic mass is 10.1. The number of hydrogen-bond acceptors (Lipinski definition) is 2. The molecule has 0 aliphatic heterocycles. The van der Waals surface area contributed by atoms with Gasteiger partial charge in [0.1, 0.15) is 0 Å². The van der Waals surface area contributed by atoms with Crippen molar-refractivity contribution >= 4 is 9.28 Å². The summed E-state index contributed by atoms with van der Waals surface area (Å²) in [5.74, 6) is 0. The smallest absolute Gasteiger partial charge is 0.327 e. The Hall–Kier alpha value is 0.137. The Morgan fingerprint density at radius 1 is 1.00 bits per heavy atom. The van der Waals surface area contributed by atoms with Crippen LogP contribution in [-0.4, -0.2) is 22.5 Å². The first-order valence-electron chi connectivity index (χ1n) is 5.31. The van der Waals surface area contributed by atoms with Gasteiger partial charge in [-0.25, -0.2) is 0 Å². The quantitative estimate of drug-likeness (QED) is 0.594. The van der Waals surface area contributed by atoms with Crippen LogP contribution >= 0.6 is 0 Å². The van der Waals surface area contributed by atoms with Crippen molar-refractivity contribution in [2.24, 2.45) is 0 Å². The first-order valence-corrected chi connectivity index (χ1v) is 6.83. The van der Waals surface area contributed by atoms with Crippen LogP contribution in [0.1, 0.15) is 47.5 Å². The summed E-state index contributed by atoms with van der Waals surface area (Å²) in [6.45, 7) is 12.4. The van der Waals surface area contributed by atoms with E-state index in [9.17, 15) is 0 Å². The fraction of sp³-hybridized carbons (Fsp3) is 1.00. The van der Waals surface area contributed by atoms with Crippen LogP contribution in [0, 0.1) is 0 Å². The zero-order valence-corrected chi connectivity index (χ0v) is 10.9. The lowest BCUT2D eigenvalue weighted by Gasteiger charge is -2.31. The van der Waals surface area contributed by atoms with Crippen LogP contribution < -0.4 is 0 Å². The Labute approximate surface area is 84.5 Å². The number of rotatable bonds is 7. The lowest BCUT2D eigenvalue weighted by molar-refractivity contribution is 0.187. The van der Waals surface area contributed by atoms with Gasteiger partial charge in [-0.05, 0) is 20.3 Å². The van der Waals surface area contributed by atoms with E-state index < -0.39 is 9.28 Å². The summed E-state index contributed by atoms with van der Waals surface area (Å²) >= 11 is 0. The molecule has 0 N–H and O–H groups in total. The zero-order chi connectivity index (χ0) is 10.3. The molecule has 0 spiro atoms. The normalized spacial score (nSPS) is 12.5. The molecular formula is C10H24O2Si. The van der Waals surface area contributed by atoms with Crippen LogP contribution in [0.3, 0.4) is 0 Å². The van der Waals surface area contributed by atoms with E-state index >= 15 is 0 Å². The van der Waals surface area contributed by atoms with Gasteiger partial charge in [-0.3, -0.25) is 0 Å². The van der Waals surface area contributed by atoms with Crippen LogP contribution in [0.25, 0.3) is 0 Å². The van der Waals surface area contributed by atoms with Crippen LogP contribution in [-0.2, 0) is 8.85 Å². The Morgan fingerprint density at radius 3 is 1.77 bits per heavy atom. The highest BCUT2D eigenvalue weighted by molar-refractivity contribution is 6.48. The molecule has 80 valence electrons. The van der Waals surface area contributed by atoms with Crippen molar-refractivity contribution in [3.05, 3.63) is 0 Å². The van der Waals surface area contributed by atoms with Crippen molar-refractivity contribution in [3.8, 4) is 0 Å². The molecule has 0 aromatic rings. The second-order valence-corrected chi connectivity index (χ2v) is 6.87. The molecule has 13 heavy (non-hydrogen) atoms. The van der Waals surface area contributed by atoms with Crippen molar-refractivity contribution in [1.29, 1.82) is 0 Å². The summed E-state index contributed by atoms with van der Waals surface area (Å²) < 4.78 is 11.4. The molecule has 0 aliphatic carbocycles. The highest BCUT2D eigenvalue weighted by atomic mass is 28.3. The first kappa shape index (κ1) is 13.1. The molecule has 3 heteroatoms. The second kappa shape index (κ2) is 6.57. The fourth-order valence-corrected chi connectivity index (χ4v) is 3.69. The number of hydrogen-bond donors (Lipinski definition) is 0. The topological polar surface area (TPSA) is 18.5 Å². The second-order valence-electron chi connectivity index (χ2n) is 3.98. The van der Waals surface area contributed by atoms with Crippen LogP contribution in [0.15, 0.2) is 0 Å². The van der Waals surface area contributed by atoms with Gasteiger partial charge in [0.15, 0.2) is 0 Å². The van der Waals surface area contributed by atoms with Crippen LogP contribution in [0.2, 0.25) is 5.04 Å². The third kappa shape index (κ3) is 4.79. The Bertz CT molecular complexity index is 120. The van der Waals surface area contributed by atoms with Crippen molar-refractivity contribution in [2.75, 3.05) is 13.2 Å². The summed E-state index contributed by atoms with van der Waals surface area (Å²) in [6.07, 6.45) is 2.40. The summed E-state index contributed by atoms with van der Waals surface area (Å²) in [5, 5.41) is 0.265. The molecule has 0 aliphatic rings. The van der Waals surface area contributed by atoms with Crippen molar-refractivity contribution < 1.29 is 8.85 Å². The average Bonchev–Trinajstić information content (AvgIpc) is 2.04. The van der Waals surface area contributed by atoms with Gasteiger partial charge in [0.05, 0.1) is 0 Å². The molecule has 0 amide bonds. The molecular weight excluding hydrogens is 180 g/mol. The van der Waals surface area contributed by atoms with E-state index in [1.165, 1.54) is 12.8 Å². The first-order chi connectivity index (χ1) is 6.08. The maximum absolute atomic E-state index is 5.72. The molecule has 0 saturated heterocycles. The van der Waals surface area contributed by atoms with Gasteiger partial charge in [-0.15, -0.1) is 0 Å². The Balaban J connectivity index is 4.13. The van der Waals surface area contributed by atoms with Gasteiger partial charge >= 0.3 is 9.28 Å². The average molecular weight is 204 g/mol. The molecule has 0 heterocycles. The Morgan fingerprint density at radius 2 is 1.46 bits per heavy atom. The summed E-state index contributed by atoms with van der Waals surface area (Å²) in [4.78, 5) is 0. The van der Waals surface area contributed by atoms with Gasteiger partial charge in [0.2, 0.25) is 0 Å². The molecule has 0 unspecified atom stereocenters. The molecule has 0 aromatic carbocycles. The van der Waals surface area contributed by atoms with E-state index in [0.717, 1.165) is 13.2 Å². The van der Waals surface area contributed by atoms with Gasteiger partial charge < -0.3 is 8.85 Å². The highest BCUT2D eigenvalue weighted by Gasteiger charge is 2.32. The molecule has 0 rings (SSSR count). The van der Waals surface area contributed by atoms with Gasteiger partial charge in [0, 0.05) is 18.3 Å². The van der Waals surface area contributed by atoms with E-state index in [0.29, 0.717) is 0 Å². The highest BCUT2D eigenvalue weighted by Crippen LogP contribution is 2.34. The Kier molecular flexibility index (Phi) is 6.64. The van der Waals surface area contributed by atoms with Crippen LogP contribution in [0.5, 0.6) is 0 Å². The summed E-state index contributed by atoms with van der Waals surface area (Å²) in [5.41, 5.74) is 0.